The van der Waals surface area contributed by atoms with Crippen LogP contribution in [0.2, 0.25) is 0 Å². The van der Waals surface area contributed by atoms with Gasteiger partial charge in [-0.3, -0.25) is 14.9 Å². The van der Waals surface area contributed by atoms with Crippen LogP contribution >= 0.6 is 15.9 Å². The second kappa shape index (κ2) is 4.85. The molecule has 5 nitrogen and oxygen atoms in total. The van der Waals surface area contributed by atoms with Gasteiger partial charge in [-0.05, 0) is 33.6 Å². The minimum absolute atomic E-state index is 0.187. The van der Waals surface area contributed by atoms with Crippen molar-refractivity contribution in [1.82, 2.24) is 5.32 Å². The van der Waals surface area contributed by atoms with E-state index < -0.39 is 0 Å². The first kappa shape index (κ1) is 12.1. The lowest BCUT2D eigenvalue weighted by molar-refractivity contribution is -0.130. The lowest BCUT2D eigenvalue weighted by atomic mass is 10.2. The molecule has 1 fully saturated rings. The van der Waals surface area contributed by atoms with Crippen molar-refractivity contribution in [2.45, 2.75) is 6.54 Å². The number of benzene rings is 1. The summed E-state index contributed by atoms with van der Waals surface area (Å²) in [5.74, 6) is -0.563. The van der Waals surface area contributed by atoms with E-state index in [1.54, 1.807) is 4.90 Å². The Balaban J connectivity index is 2.27. The number of hydrogen-bond donors (Lipinski definition) is 2. The molecule has 0 atom stereocenters. The predicted octanol–water partition coefficient (Wildman–Crippen LogP) is 0.371. The van der Waals surface area contributed by atoms with Crippen molar-refractivity contribution in [3.05, 3.63) is 28.2 Å². The summed E-state index contributed by atoms with van der Waals surface area (Å²) in [6.07, 6.45) is 0. The van der Waals surface area contributed by atoms with Crippen LogP contribution in [0.25, 0.3) is 0 Å². The number of imide groups is 1. The molecule has 0 unspecified atom stereocenters. The van der Waals surface area contributed by atoms with Crippen LogP contribution in [0.3, 0.4) is 0 Å². The molecule has 0 aromatic heterocycles. The van der Waals surface area contributed by atoms with Gasteiger partial charge in [0, 0.05) is 11.0 Å². The molecule has 6 heteroatoms. The van der Waals surface area contributed by atoms with Gasteiger partial charge in [0.2, 0.25) is 11.8 Å². The molecule has 0 saturated carbocycles. The minimum atomic E-state index is -0.281. The lowest BCUT2D eigenvalue weighted by Gasteiger charge is -2.28. The molecule has 2 rings (SSSR count). The number of anilines is 1. The highest BCUT2D eigenvalue weighted by molar-refractivity contribution is 9.10. The van der Waals surface area contributed by atoms with E-state index in [1.807, 2.05) is 18.2 Å². The highest BCUT2D eigenvalue weighted by atomic mass is 79.9. The first-order chi connectivity index (χ1) is 8.10. The Morgan fingerprint density at radius 3 is 2.47 bits per heavy atom. The second-order valence-electron chi connectivity index (χ2n) is 3.82. The molecule has 1 aliphatic heterocycles. The first-order valence-corrected chi connectivity index (χ1v) is 5.95. The zero-order chi connectivity index (χ0) is 12.4. The second-order valence-corrected chi connectivity index (χ2v) is 4.67. The molecule has 0 aliphatic carbocycles. The van der Waals surface area contributed by atoms with Crippen LogP contribution in [-0.4, -0.2) is 24.9 Å². The summed E-state index contributed by atoms with van der Waals surface area (Å²) >= 11 is 3.42. The standard InChI is InChI=1S/C11H12BrN3O2/c12-8-3-7(4-13)1-2-9(8)15-5-10(16)14-11(17)6-15/h1-3H,4-6,13H2,(H,14,16,17). The molecule has 90 valence electrons. The Morgan fingerprint density at radius 1 is 1.29 bits per heavy atom. The molecule has 1 heterocycles. The number of nitrogens with two attached hydrogens (primary N) is 1. The molecule has 0 bridgehead atoms. The average Bonchev–Trinajstić information content (AvgIpc) is 2.27. The number of carbonyl (C=O) groups is 2. The Hall–Kier alpha value is -1.40. The molecule has 3 N–H and O–H groups in total. The maximum atomic E-state index is 11.3. The lowest BCUT2D eigenvalue weighted by Crippen LogP contribution is -2.51. The molecule has 2 amide bonds. The van der Waals surface area contributed by atoms with Gasteiger partial charge in [0.25, 0.3) is 0 Å². The van der Waals surface area contributed by atoms with Gasteiger partial charge in [-0.25, -0.2) is 0 Å². The van der Waals surface area contributed by atoms with Crippen LogP contribution in [0.5, 0.6) is 0 Å². The van der Waals surface area contributed by atoms with Gasteiger partial charge in [0.05, 0.1) is 18.8 Å². The van der Waals surface area contributed by atoms with Gasteiger partial charge >= 0.3 is 0 Å². The van der Waals surface area contributed by atoms with E-state index in [9.17, 15) is 9.59 Å². The zero-order valence-electron chi connectivity index (χ0n) is 9.07. The third-order valence-electron chi connectivity index (χ3n) is 2.54. The highest BCUT2D eigenvalue weighted by Crippen LogP contribution is 2.27. The summed E-state index contributed by atoms with van der Waals surface area (Å²) in [4.78, 5) is 24.3. The van der Waals surface area contributed by atoms with E-state index >= 15 is 0 Å². The van der Waals surface area contributed by atoms with Crippen molar-refractivity contribution in [2.24, 2.45) is 5.73 Å². The van der Waals surface area contributed by atoms with Crippen molar-refractivity contribution < 1.29 is 9.59 Å². The summed E-state index contributed by atoms with van der Waals surface area (Å²) in [5.41, 5.74) is 7.36. The van der Waals surface area contributed by atoms with Gasteiger partial charge in [-0.2, -0.15) is 0 Å². The summed E-state index contributed by atoms with van der Waals surface area (Å²) in [7, 11) is 0. The Bertz CT molecular complexity index is 460. The number of nitrogens with one attached hydrogen (secondary N) is 1. The van der Waals surface area contributed by atoms with Gasteiger partial charge in [-0.15, -0.1) is 0 Å². The van der Waals surface area contributed by atoms with Gasteiger partial charge < -0.3 is 10.6 Å². The molecule has 0 radical (unpaired) electrons. The summed E-state index contributed by atoms with van der Waals surface area (Å²) in [5, 5.41) is 2.27. The number of hydrogen-bond acceptors (Lipinski definition) is 4. The van der Waals surface area contributed by atoms with E-state index in [0.717, 1.165) is 15.7 Å². The minimum Gasteiger partial charge on any atom is -0.352 e. The van der Waals surface area contributed by atoms with Crippen molar-refractivity contribution in [3.8, 4) is 0 Å². The molecule has 0 spiro atoms. The smallest absolute Gasteiger partial charge is 0.246 e. The molecular formula is C11H12BrN3O2. The Labute approximate surface area is 107 Å². The zero-order valence-corrected chi connectivity index (χ0v) is 10.7. The molecule has 1 aliphatic rings. The van der Waals surface area contributed by atoms with Gasteiger partial charge in [0.15, 0.2) is 0 Å². The molecular weight excluding hydrogens is 286 g/mol. The number of rotatable bonds is 2. The fourth-order valence-electron chi connectivity index (χ4n) is 1.74. The van der Waals surface area contributed by atoms with Crippen molar-refractivity contribution >= 4 is 33.4 Å². The van der Waals surface area contributed by atoms with Crippen LogP contribution in [-0.2, 0) is 16.1 Å². The van der Waals surface area contributed by atoms with E-state index in [2.05, 4.69) is 21.2 Å². The monoisotopic (exact) mass is 297 g/mol. The van der Waals surface area contributed by atoms with Gasteiger partial charge in [-0.1, -0.05) is 6.07 Å². The summed E-state index contributed by atoms with van der Waals surface area (Å²) in [6.45, 7) is 0.830. The normalized spacial score (nSPS) is 16.0. The van der Waals surface area contributed by atoms with Gasteiger partial charge in [0.1, 0.15) is 0 Å². The third kappa shape index (κ3) is 2.65. The summed E-state index contributed by atoms with van der Waals surface area (Å²) < 4.78 is 0.836. The number of carbonyl (C=O) groups excluding carboxylic acids is 2. The topological polar surface area (TPSA) is 75.4 Å². The van der Waals surface area contributed by atoms with E-state index in [0.29, 0.717) is 6.54 Å². The number of piperazine rings is 1. The van der Waals surface area contributed by atoms with Crippen LogP contribution in [0.1, 0.15) is 5.56 Å². The maximum Gasteiger partial charge on any atom is 0.246 e. The fourth-order valence-corrected chi connectivity index (χ4v) is 2.42. The van der Waals surface area contributed by atoms with Crippen molar-refractivity contribution in [3.63, 3.8) is 0 Å². The van der Waals surface area contributed by atoms with Crippen molar-refractivity contribution in [2.75, 3.05) is 18.0 Å². The molecule has 1 saturated heterocycles. The number of amides is 2. The molecule has 17 heavy (non-hydrogen) atoms. The quantitative estimate of drug-likeness (QED) is 0.774. The Morgan fingerprint density at radius 2 is 1.94 bits per heavy atom. The average molecular weight is 298 g/mol. The third-order valence-corrected chi connectivity index (χ3v) is 3.17. The van der Waals surface area contributed by atoms with Crippen LogP contribution < -0.4 is 16.0 Å². The Kier molecular flexibility index (Phi) is 3.44. The van der Waals surface area contributed by atoms with Crippen LogP contribution in [0, 0.1) is 0 Å². The first-order valence-electron chi connectivity index (χ1n) is 5.16. The van der Waals surface area contributed by atoms with Crippen LogP contribution in [0.4, 0.5) is 5.69 Å². The van der Waals surface area contributed by atoms with E-state index in [1.165, 1.54) is 0 Å². The molecule has 1 aromatic carbocycles. The summed E-state index contributed by atoms with van der Waals surface area (Å²) in [6, 6.07) is 5.64. The van der Waals surface area contributed by atoms with E-state index in [4.69, 9.17) is 5.73 Å². The number of halogens is 1. The van der Waals surface area contributed by atoms with E-state index in [-0.39, 0.29) is 24.9 Å². The SMILES string of the molecule is NCc1ccc(N2CC(=O)NC(=O)C2)c(Br)c1. The number of nitrogens with zero attached hydrogens (tertiary/aromatic N) is 1. The maximum absolute atomic E-state index is 11.3. The fraction of sp³-hybridized carbons (Fsp3) is 0.273. The predicted molar refractivity (Wildman–Crippen MR) is 67.4 cm³/mol. The van der Waals surface area contributed by atoms with Crippen molar-refractivity contribution in [1.29, 1.82) is 0 Å². The largest absolute Gasteiger partial charge is 0.352 e. The molecule has 1 aromatic rings. The van der Waals surface area contributed by atoms with Crippen LogP contribution in [0.15, 0.2) is 22.7 Å². The highest BCUT2D eigenvalue weighted by Gasteiger charge is 2.23.